The predicted molar refractivity (Wildman–Crippen MR) is 180 cm³/mol. The van der Waals surface area contributed by atoms with Crippen LogP contribution in [0.3, 0.4) is 0 Å². The first-order chi connectivity index (χ1) is 20.7. The Hall–Kier alpha value is -3.71. The molecule has 1 aliphatic rings. The van der Waals surface area contributed by atoms with Crippen molar-refractivity contribution in [1.82, 2.24) is 19.9 Å². The Morgan fingerprint density at radius 1 is 1.23 bits per heavy atom. The molecule has 10 heteroatoms. The van der Waals surface area contributed by atoms with Gasteiger partial charge in [-0.15, -0.1) is 0 Å². The van der Waals surface area contributed by atoms with Crippen LogP contribution in [-0.2, 0) is 27.6 Å². The maximum Gasteiger partial charge on any atom is 0.227 e. The third-order valence-electron chi connectivity index (χ3n) is 9.42. The minimum atomic E-state index is -1.94. The number of fused-ring (bicyclic) bond motifs is 2. The van der Waals surface area contributed by atoms with E-state index in [0.717, 1.165) is 46.3 Å². The molecule has 0 bridgehead atoms. The first kappa shape index (κ1) is 31.7. The average Bonchev–Trinajstić information content (AvgIpc) is 3.55. The summed E-state index contributed by atoms with van der Waals surface area (Å²) in [6.45, 7) is 14.8. The number of nitrogens with one attached hydrogen (secondary N) is 2. The Morgan fingerprint density at radius 3 is 2.70 bits per heavy atom. The number of nitriles is 1. The molecule has 2 N–H and O–H groups in total. The van der Waals surface area contributed by atoms with E-state index in [2.05, 4.69) is 68.5 Å². The number of rotatable bonds is 9. The van der Waals surface area contributed by atoms with Gasteiger partial charge in [0.15, 0.2) is 8.32 Å². The lowest BCUT2D eigenvalue weighted by Crippen LogP contribution is -2.44. The normalized spacial score (nSPS) is 16.5. The van der Waals surface area contributed by atoms with Crippen LogP contribution >= 0.6 is 11.6 Å². The monoisotopic (exact) mass is 628 g/mol. The molecule has 0 aliphatic heterocycles. The third-order valence-corrected chi connectivity index (χ3v) is 14.1. The summed E-state index contributed by atoms with van der Waals surface area (Å²) in [5.74, 6) is 0.402. The molecule has 8 nitrogen and oxygen atoms in total. The second kappa shape index (κ2) is 12.0. The summed E-state index contributed by atoms with van der Waals surface area (Å²) in [5.41, 5.74) is 6.09. The zero-order valence-electron chi connectivity index (χ0n) is 26.6. The van der Waals surface area contributed by atoms with Crippen LogP contribution in [0, 0.1) is 11.3 Å². The molecule has 5 rings (SSSR count). The molecule has 1 aliphatic carbocycles. The van der Waals surface area contributed by atoms with Gasteiger partial charge < -0.3 is 19.6 Å². The highest BCUT2D eigenvalue weighted by atomic mass is 35.5. The molecule has 44 heavy (non-hydrogen) atoms. The zero-order chi connectivity index (χ0) is 31.9. The van der Waals surface area contributed by atoms with E-state index in [9.17, 15) is 10.1 Å². The number of aromatic nitrogens is 3. The van der Waals surface area contributed by atoms with Gasteiger partial charge in [-0.2, -0.15) is 5.26 Å². The Kier molecular flexibility index (Phi) is 8.64. The highest BCUT2D eigenvalue weighted by molar-refractivity contribution is 6.74. The number of hydrogen-bond acceptors (Lipinski definition) is 6. The number of carbonyl (C=O) groups excluding carboxylic acids is 1. The Balaban J connectivity index is 1.45. The van der Waals surface area contributed by atoms with E-state index in [1.807, 2.05) is 41.1 Å². The van der Waals surface area contributed by atoms with Crippen LogP contribution in [0.25, 0.3) is 22.2 Å². The predicted octanol–water partition coefficient (Wildman–Crippen LogP) is 7.73. The number of nitrogens with zero attached hydrogens (tertiary/aromatic N) is 4. The van der Waals surface area contributed by atoms with Crippen LogP contribution in [0.2, 0.25) is 23.2 Å². The molecule has 0 saturated heterocycles. The molecular weight excluding hydrogens is 588 g/mol. The van der Waals surface area contributed by atoms with E-state index < -0.39 is 8.32 Å². The smallest absolute Gasteiger partial charge is 0.227 e. The topological polar surface area (TPSA) is 105 Å². The number of amides is 1. The molecule has 230 valence electrons. The minimum absolute atomic E-state index is 0.0213. The summed E-state index contributed by atoms with van der Waals surface area (Å²) in [5, 5.41) is 17.8. The number of aryl methyl sites for hydroxylation is 1. The van der Waals surface area contributed by atoms with Crippen LogP contribution in [0.15, 0.2) is 48.8 Å². The Bertz CT molecular complexity index is 1770. The van der Waals surface area contributed by atoms with Crippen molar-refractivity contribution < 1.29 is 9.22 Å². The van der Waals surface area contributed by atoms with Crippen molar-refractivity contribution in [2.24, 2.45) is 0 Å². The molecule has 4 aromatic rings. The van der Waals surface area contributed by atoms with E-state index >= 15 is 0 Å². The van der Waals surface area contributed by atoms with Gasteiger partial charge in [0.25, 0.3) is 0 Å². The molecule has 0 radical (unpaired) electrons. The van der Waals surface area contributed by atoms with Crippen LogP contribution in [0.1, 0.15) is 57.2 Å². The van der Waals surface area contributed by atoms with Gasteiger partial charge in [0, 0.05) is 60.4 Å². The molecule has 2 heterocycles. The molecule has 1 unspecified atom stereocenters. The van der Waals surface area contributed by atoms with Gasteiger partial charge >= 0.3 is 0 Å². The summed E-state index contributed by atoms with van der Waals surface area (Å²) < 4.78 is 8.72. The highest BCUT2D eigenvalue weighted by Gasteiger charge is 2.42. The van der Waals surface area contributed by atoms with Gasteiger partial charge in [-0.3, -0.25) is 4.79 Å². The summed E-state index contributed by atoms with van der Waals surface area (Å²) in [6.07, 6.45) is 5.85. The SMILES string of the molecule is CNC(=O)CCn1ccc2c(Nc3nccc(-c4cc(C#N)c5c(c4)C(C)(CO[Si](C)(C)C(C)(C)C)CC5)n3)cc(Cl)cc21. The number of hydrogen-bond donors (Lipinski definition) is 2. The van der Waals surface area contributed by atoms with E-state index in [-0.39, 0.29) is 16.4 Å². The molecule has 1 amide bonds. The second-order valence-electron chi connectivity index (χ2n) is 13.5. The van der Waals surface area contributed by atoms with Crippen LogP contribution in [-0.4, -0.2) is 42.4 Å². The quantitative estimate of drug-likeness (QED) is 0.184. The largest absolute Gasteiger partial charge is 0.416 e. The first-order valence-corrected chi connectivity index (χ1v) is 18.3. The second-order valence-corrected chi connectivity index (χ2v) is 18.7. The zero-order valence-corrected chi connectivity index (χ0v) is 28.4. The molecule has 1 atom stereocenters. The van der Waals surface area contributed by atoms with Crippen molar-refractivity contribution in [3.8, 4) is 17.3 Å². The molecule has 0 saturated carbocycles. The molecular formula is C34H41ClN6O2Si. The van der Waals surface area contributed by atoms with Gasteiger partial charge in [-0.25, -0.2) is 9.97 Å². The molecule has 0 fully saturated rings. The van der Waals surface area contributed by atoms with Crippen molar-refractivity contribution in [3.63, 3.8) is 0 Å². The lowest BCUT2D eigenvalue weighted by atomic mass is 9.83. The maximum atomic E-state index is 11.8. The van der Waals surface area contributed by atoms with Crippen molar-refractivity contribution in [2.75, 3.05) is 19.0 Å². The van der Waals surface area contributed by atoms with Gasteiger partial charge in [0.05, 0.1) is 28.5 Å². The standard InChI is InChI=1S/C34H41ClN6O2Si/c1-33(2,3)44(6,7)43-21-34(4)12-8-25-23(20-36)16-22(17-27(25)34)28-9-13-38-32(39-28)40-29-18-24(35)19-30-26(29)10-14-41(30)15-11-31(42)37-5/h9-10,13-14,16-19H,8,11-12,15,21H2,1-7H3,(H,37,42)(H,38,39,40). The molecule has 2 aromatic heterocycles. The van der Waals surface area contributed by atoms with Crippen LogP contribution in [0.5, 0.6) is 0 Å². The van der Waals surface area contributed by atoms with E-state index in [0.29, 0.717) is 36.1 Å². The number of benzene rings is 2. The van der Waals surface area contributed by atoms with Crippen LogP contribution in [0.4, 0.5) is 11.6 Å². The van der Waals surface area contributed by atoms with Crippen molar-refractivity contribution in [1.29, 1.82) is 5.26 Å². The van der Waals surface area contributed by atoms with Gasteiger partial charge in [-0.1, -0.05) is 39.3 Å². The molecule has 0 spiro atoms. The third kappa shape index (κ3) is 6.25. The average molecular weight is 629 g/mol. The Labute approximate surface area is 265 Å². The van der Waals surface area contributed by atoms with Crippen molar-refractivity contribution in [2.45, 2.75) is 77.0 Å². The van der Waals surface area contributed by atoms with Crippen molar-refractivity contribution in [3.05, 3.63) is 70.5 Å². The van der Waals surface area contributed by atoms with E-state index in [1.165, 1.54) is 5.56 Å². The summed E-state index contributed by atoms with van der Waals surface area (Å²) in [7, 11) is -0.306. The fraction of sp³-hybridized carbons (Fsp3) is 0.412. The maximum absolute atomic E-state index is 11.8. The molecule has 2 aromatic carbocycles. The van der Waals surface area contributed by atoms with Gasteiger partial charge in [0.1, 0.15) is 0 Å². The number of anilines is 2. The summed E-state index contributed by atoms with van der Waals surface area (Å²) in [4.78, 5) is 21.2. The van der Waals surface area contributed by atoms with Crippen molar-refractivity contribution >= 4 is 48.4 Å². The first-order valence-electron chi connectivity index (χ1n) is 15.1. The summed E-state index contributed by atoms with van der Waals surface area (Å²) >= 11 is 6.52. The van der Waals surface area contributed by atoms with Crippen LogP contribution < -0.4 is 10.6 Å². The minimum Gasteiger partial charge on any atom is -0.416 e. The fourth-order valence-electron chi connectivity index (χ4n) is 5.58. The van der Waals surface area contributed by atoms with E-state index in [1.54, 1.807) is 13.2 Å². The number of carbonyl (C=O) groups is 1. The fourth-order valence-corrected chi connectivity index (χ4v) is 6.90. The number of halogens is 1. The summed E-state index contributed by atoms with van der Waals surface area (Å²) in [6, 6.07) is 14.2. The van der Waals surface area contributed by atoms with Gasteiger partial charge in [0.2, 0.25) is 11.9 Å². The Morgan fingerprint density at radius 2 is 2.00 bits per heavy atom. The van der Waals surface area contributed by atoms with E-state index in [4.69, 9.17) is 21.0 Å². The highest BCUT2D eigenvalue weighted by Crippen LogP contribution is 2.45. The lowest BCUT2D eigenvalue weighted by Gasteiger charge is -2.39. The van der Waals surface area contributed by atoms with Gasteiger partial charge in [-0.05, 0) is 78.5 Å². The lowest BCUT2D eigenvalue weighted by molar-refractivity contribution is -0.120.